The van der Waals surface area contributed by atoms with Gasteiger partial charge in [-0.3, -0.25) is 4.79 Å². The van der Waals surface area contributed by atoms with Gasteiger partial charge in [0.25, 0.3) is 5.91 Å². The monoisotopic (exact) mass is 274 g/mol. The number of carbonyl (C=O) groups excluding carboxylic acids is 1. The van der Waals surface area contributed by atoms with Crippen molar-refractivity contribution < 1.29 is 4.79 Å². The third-order valence-electron chi connectivity index (χ3n) is 4.27. The Bertz CT molecular complexity index is 490. The van der Waals surface area contributed by atoms with E-state index in [0.29, 0.717) is 12.5 Å². The average Bonchev–Trinajstić information content (AvgIpc) is 2.40. The molecule has 20 heavy (non-hydrogen) atoms. The van der Waals surface area contributed by atoms with Gasteiger partial charge in [0, 0.05) is 24.7 Å². The van der Waals surface area contributed by atoms with Crippen molar-refractivity contribution in [3.63, 3.8) is 0 Å². The van der Waals surface area contributed by atoms with Crippen LogP contribution in [0.5, 0.6) is 0 Å². The molecule has 0 aliphatic carbocycles. The van der Waals surface area contributed by atoms with Crippen LogP contribution >= 0.6 is 0 Å². The van der Waals surface area contributed by atoms with Crippen molar-refractivity contribution in [3.8, 4) is 0 Å². The van der Waals surface area contributed by atoms with Gasteiger partial charge in [-0.1, -0.05) is 45.9 Å². The van der Waals surface area contributed by atoms with Gasteiger partial charge >= 0.3 is 0 Å². The van der Waals surface area contributed by atoms with Crippen molar-refractivity contribution in [2.45, 2.75) is 45.6 Å². The van der Waals surface area contributed by atoms with Gasteiger partial charge in [-0.05, 0) is 29.4 Å². The van der Waals surface area contributed by atoms with Crippen LogP contribution in [0, 0.1) is 5.92 Å². The van der Waals surface area contributed by atoms with Gasteiger partial charge in [-0.15, -0.1) is 0 Å². The molecule has 3 nitrogen and oxygen atoms in total. The highest BCUT2D eigenvalue weighted by Gasteiger charge is 2.29. The van der Waals surface area contributed by atoms with E-state index in [-0.39, 0.29) is 17.4 Å². The first kappa shape index (κ1) is 15.0. The van der Waals surface area contributed by atoms with Gasteiger partial charge < -0.3 is 10.6 Å². The van der Waals surface area contributed by atoms with Crippen molar-refractivity contribution in [2.24, 2.45) is 11.7 Å². The molecule has 1 aliphatic heterocycles. The molecule has 110 valence electrons. The summed E-state index contributed by atoms with van der Waals surface area (Å²) in [7, 11) is 0. The number of carbonyl (C=O) groups is 1. The van der Waals surface area contributed by atoms with Crippen LogP contribution in [0.1, 0.15) is 50.0 Å². The number of piperidine rings is 1. The highest BCUT2D eigenvalue weighted by atomic mass is 16.2. The topological polar surface area (TPSA) is 46.3 Å². The molecular weight excluding hydrogens is 248 g/mol. The fourth-order valence-electron chi connectivity index (χ4n) is 2.78. The van der Waals surface area contributed by atoms with Crippen LogP contribution in [-0.4, -0.2) is 29.9 Å². The van der Waals surface area contributed by atoms with Crippen LogP contribution < -0.4 is 5.73 Å². The second-order valence-electron chi connectivity index (χ2n) is 6.98. The molecule has 0 bridgehead atoms. The zero-order valence-corrected chi connectivity index (χ0v) is 13.0. The van der Waals surface area contributed by atoms with Crippen LogP contribution in [0.3, 0.4) is 0 Å². The third-order valence-corrected chi connectivity index (χ3v) is 4.27. The zero-order chi connectivity index (χ0) is 14.9. The zero-order valence-electron chi connectivity index (χ0n) is 13.0. The summed E-state index contributed by atoms with van der Waals surface area (Å²) >= 11 is 0. The predicted molar refractivity (Wildman–Crippen MR) is 82.8 cm³/mol. The Morgan fingerprint density at radius 1 is 1.30 bits per heavy atom. The number of nitrogens with zero attached hydrogens (tertiary/aromatic N) is 1. The Morgan fingerprint density at radius 3 is 2.55 bits per heavy atom. The molecule has 1 saturated heterocycles. The van der Waals surface area contributed by atoms with Crippen molar-refractivity contribution >= 4 is 5.91 Å². The molecule has 3 heteroatoms. The second-order valence-corrected chi connectivity index (χ2v) is 6.98. The van der Waals surface area contributed by atoms with E-state index < -0.39 is 0 Å². The Labute approximate surface area is 122 Å². The van der Waals surface area contributed by atoms with Crippen LogP contribution in [0.25, 0.3) is 0 Å². The van der Waals surface area contributed by atoms with Crippen molar-refractivity contribution in [2.75, 3.05) is 13.1 Å². The van der Waals surface area contributed by atoms with E-state index in [2.05, 4.69) is 33.8 Å². The lowest BCUT2D eigenvalue weighted by Gasteiger charge is -2.36. The molecule has 1 fully saturated rings. The summed E-state index contributed by atoms with van der Waals surface area (Å²) in [6.07, 6.45) is 0.991. The van der Waals surface area contributed by atoms with Crippen LogP contribution in [0.2, 0.25) is 0 Å². The molecule has 1 aromatic rings. The molecule has 0 saturated carbocycles. The van der Waals surface area contributed by atoms with E-state index in [1.54, 1.807) is 0 Å². The first-order chi connectivity index (χ1) is 9.30. The number of nitrogens with two attached hydrogens (primary N) is 1. The van der Waals surface area contributed by atoms with E-state index in [1.165, 1.54) is 0 Å². The highest BCUT2D eigenvalue weighted by Crippen LogP contribution is 2.27. The first-order valence-corrected chi connectivity index (χ1v) is 7.45. The molecule has 1 aromatic carbocycles. The lowest BCUT2D eigenvalue weighted by Crippen LogP contribution is -2.50. The maximum absolute atomic E-state index is 12.8. The van der Waals surface area contributed by atoms with Gasteiger partial charge in [-0.25, -0.2) is 0 Å². The predicted octanol–water partition coefficient (Wildman–Crippen LogP) is 2.79. The molecule has 2 rings (SSSR count). The van der Waals surface area contributed by atoms with Crippen LogP contribution in [-0.2, 0) is 5.41 Å². The van der Waals surface area contributed by atoms with Crippen LogP contribution in [0.4, 0.5) is 0 Å². The second kappa shape index (κ2) is 5.57. The summed E-state index contributed by atoms with van der Waals surface area (Å²) in [6.45, 7) is 10.1. The smallest absolute Gasteiger partial charge is 0.254 e. The molecule has 2 N–H and O–H groups in total. The van der Waals surface area contributed by atoms with Gasteiger partial charge in [0.15, 0.2) is 0 Å². The summed E-state index contributed by atoms with van der Waals surface area (Å²) in [6, 6.07) is 8.03. The fraction of sp³-hybridized carbons (Fsp3) is 0.588. The average molecular weight is 274 g/mol. The van der Waals surface area contributed by atoms with E-state index in [1.807, 2.05) is 23.1 Å². The van der Waals surface area contributed by atoms with E-state index in [4.69, 9.17) is 5.73 Å². The molecule has 2 unspecified atom stereocenters. The molecule has 0 aromatic heterocycles. The lowest BCUT2D eigenvalue weighted by atomic mass is 9.83. The number of hydrogen-bond acceptors (Lipinski definition) is 2. The molecule has 0 spiro atoms. The van der Waals surface area contributed by atoms with Gasteiger partial charge in [0.05, 0.1) is 0 Å². The highest BCUT2D eigenvalue weighted by molar-refractivity contribution is 5.96. The van der Waals surface area contributed by atoms with Crippen molar-refractivity contribution in [3.05, 3.63) is 35.4 Å². The molecular formula is C17H26N2O. The standard InChI is InChI=1S/C17H26N2O/c1-12-9-10-19(11-15(12)18)16(20)13-7-5-6-8-14(13)17(2,3)4/h5-8,12,15H,9-11,18H2,1-4H3. The molecule has 1 aliphatic rings. The normalized spacial score (nSPS) is 23.8. The van der Waals surface area contributed by atoms with Gasteiger partial charge in [0.1, 0.15) is 0 Å². The third kappa shape index (κ3) is 3.04. The number of benzene rings is 1. The molecule has 1 amide bonds. The minimum atomic E-state index is -0.0303. The summed E-state index contributed by atoms with van der Waals surface area (Å²) < 4.78 is 0. The lowest BCUT2D eigenvalue weighted by molar-refractivity contribution is 0.0670. The minimum Gasteiger partial charge on any atom is -0.337 e. The Kier molecular flexibility index (Phi) is 4.19. The summed E-state index contributed by atoms with van der Waals surface area (Å²) in [5, 5.41) is 0. The molecule has 1 heterocycles. The summed E-state index contributed by atoms with van der Waals surface area (Å²) in [4.78, 5) is 14.7. The first-order valence-electron chi connectivity index (χ1n) is 7.45. The molecule has 2 atom stereocenters. The molecule has 0 radical (unpaired) electrons. The summed E-state index contributed by atoms with van der Waals surface area (Å²) in [5.41, 5.74) is 8.01. The maximum atomic E-state index is 12.8. The Balaban J connectivity index is 2.26. The van der Waals surface area contributed by atoms with E-state index >= 15 is 0 Å². The number of hydrogen-bond donors (Lipinski definition) is 1. The van der Waals surface area contributed by atoms with E-state index in [9.17, 15) is 4.79 Å². The van der Waals surface area contributed by atoms with Crippen molar-refractivity contribution in [1.82, 2.24) is 4.90 Å². The Hall–Kier alpha value is -1.35. The number of amides is 1. The number of rotatable bonds is 1. The largest absolute Gasteiger partial charge is 0.337 e. The summed E-state index contributed by atoms with van der Waals surface area (Å²) in [5.74, 6) is 0.620. The van der Waals surface area contributed by atoms with Gasteiger partial charge in [0.2, 0.25) is 0 Å². The Morgan fingerprint density at radius 2 is 1.95 bits per heavy atom. The quantitative estimate of drug-likeness (QED) is 0.856. The van der Waals surface area contributed by atoms with Crippen molar-refractivity contribution in [1.29, 1.82) is 0 Å². The van der Waals surface area contributed by atoms with Gasteiger partial charge in [-0.2, -0.15) is 0 Å². The number of likely N-dealkylation sites (tertiary alicyclic amines) is 1. The SMILES string of the molecule is CC1CCN(C(=O)c2ccccc2C(C)(C)C)CC1N. The van der Waals surface area contributed by atoms with Crippen LogP contribution in [0.15, 0.2) is 24.3 Å². The fourth-order valence-corrected chi connectivity index (χ4v) is 2.78. The maximum Gasteiger partial charge on any atom is 0.254 e. The van der Waals surface area contributed by atoms with E-state index in [0.717, 1.165) is 24.1 Å². The minimum absolute atomic E-state index is 0.0303.